The van der Waals surface area contributed by atoms with Gasteiger partial charge in [0.1, 0.15) is 5.75 Å². The third-order valence-electron chi connectivity index (χ3n) is 3.04. The fourth-order valence-electron chi connectivity index (χ4n) is 2.05. The molecule has 1 amide bonds. The molecule has 0 saturated carbocycles. The molecule has 0 radical (unpaired) electrons. The van der Waals surface area contributed by atoms with Crippen LogP contribution >= 0.6 is 0 Å². The molecule has 0 heterocycles. The molecule has 0 atom stereocenters. The highest BCUT2D eigenvalue weighted by atomic mass is 19.4. The van der Waals surface area contributed by atoms with Crippen molar-refractivity contribution in [1.82, 2.24) is 0 Å². The molecular weight excluding hydrogens is 349 g/mol. The van der Waals surface area contributed by atoms with E-state index >= 15 is 0 Å². The normalized spacial score (nSPS) is 11.8. The standard InChI is InChI=1S/C17H17F3N4O2/c1-11(25)23-14-4-2-3-12(9-14)10-22-16(21)24-13-5-7-15(8-6-13)26-17(18,19)20/h2-9H,10H2,1H3,(H,23,25)(H3,21,22,24). The lowest BCUT2D eigenvalue weighted by Gasteiger charge is -2.10. The van der Waals surface area contributed by atoms with Crippen LogP contribution in [-0.4, -0.2) is 18.2 Å². The van der Waals surface area contributed by atoms with Crippen molar-refractivity contribution in [1.29, 1.82) is 0 Å². The number of anilines is 2. The zero-order chi connectivity index (χ0) is 19.2. The van der Waals surface area contributed by atoms with E-state index in [9.17, 15) is 18.0 Å². The topological polar surface area (TPSA) is 88.7 Å². The summed E-state index contributed by atoms with van der Waals surface area (Å²) < 4.78 is 40.1. The number of carbonyl (C=O) groups excluding carboxylic acids is 1. The molecular formula is C17H17F3N4O2. The van der Waals surface area contributed by atoms with Gasteiger partial charge in [0, 0.05) is 18.3 Å². The number of ether oxygens (including phenoxy) is 1. The summed E-state index contributed by atoms with van der Waals surface area (Å²) in [5, 5.41) is 5.44. The summed E-state index contributed by atoms with van der Waals surface area (Å²) in [6, 6.07) is 12.2. The second-order valence-electron chi connectivity index (χ2n) is 5.28. The molecule has 0 spiro atoms. The van der Waals surface area contributed by atoms with Gasteiger partial charge in [-0.2, -0.15) is 0 Å². The number of nitrogens with one attached hydrogen (secondary N) is 2. The Labute approximate surface area is 147 Å². The minimum atomic E-state index is -4.73. The molecule has 2 rings (SSSR count). The smallest absolute Gasteiger partial charge is 0.406 e. The number of carbonyl (C=O) groups is 1. The summed E-state index contributed by atoms with van der Waals surface area (Å²) in [4.78, 5) is 15.2. The SMILES string of the molecule is CC(=O)Nc1cccc(CN=C(N)Nc2ccc(OC(F)(F)F)cc2)c1. The second kappa shape index (κ2) is 8.24. The van der Waals surface area contributed by atoms with Crippen molar-refractivity contribution >= 4 is 23.2 Å². The van der Waals surface area contributed by atoms with Crippen LogP contribution in [0, 0.1) is 0 Å². The first-order valence-corrected chi connectivity index (χ1v) is 7.50. The number of aliphatic imine (C=N–C) groups is 1. The van der Waals surface area contributed by atoms with Gasteiger partial charge in [-0.25, -0.2) is 4.99 Å². The number of alkyl halides is 3. The predicted molar refractivity (Wildman–Crippen MR) is 92.8 cm³/mol. The second-order valence-corrected chi connectivity index (χ2v) is 5.28. The van der Waals surface area contributed by atoms with E-state index in [-0.39, 0.29) is 24.2 Å². The maximum atomic E-state index is 12.1. The van der Waals surface area contributed by atoms with Crippen LogP contribution < -0.4 is 21.1 Å². The summed E-state index contributed by atoms with van der Waals surface area (Å²) >= 11 is 0. The fourth-order valence-corrected chi connectivity index (χ4v) is 2.05. The van der Waals surface area contributed by atoms with Gasteiger partial charge in [0.05, 0.1) is 6.54 Å². The highest BCUT2D eigenvalue weighted by Crippen LogP contribution is 2.23. The first-order valence-electron chi connectivity index (χ1n) is 7.50. The summed E-state index contributed by atoms with van der Waals surface area (Å²) in [6.07, 6.45) is -4.73. The van der Waals surface area contributed by atoms with Gasteiger partial charge in [0.25, 0.3) is 0 Å². The Morgan fingerprint density at radius 3 is 2.42 bits per heavy atom. The third-order valence-corrected chi connectivity index (χ3v) is 3.04. The maximum Gasteiger partial charge on any atom is 0.573 e. The number of benzene rings is 2. The highest BCUT2D eigenvalue weighted by molar-refractivity contribution is 5.92. The van der Waals surface area contributed by atoms with E-state index in [2.05, 4.69) is 20.4 Å². The number of hydrogen-bond acceptors (Lipinski definition) is 3. The van der Waals surface area contributed by atoms with Gasteiger partial charge in [0.2, 0.25) is 5.91 Å². The zero-order valence-corrected chi connectivity index (χ0v) is 13.8. The highest BCUT2D eigenvalue weighted by Gasteiger charge is 2.30. The Hall–Kier alpha value is -3.23. The molecule has 6 nitrogen and oxygen atoms in total. The van der Waals surface area contributed by atoms with Gasteiger partial charge in [-0.15, -0.1) is 13.2 Å². The van der Waals surface area contributed by atoms with Crippen LogP contribution in [-0.2, 0) is 11.3 Å². The maximum absolute atomic E-state index is 12.1. The number of amides is 1. The Kier molecular flexibility index (Phi) is 6.05. The monoisotopic (exact) mass is 366 g/mol. The minimum absolute atomic E-state index is 0.0967. The molecule has 0 fully saturated rings. The number of nitrogens with two attached hydrogens (primary N) is 1. The van der Waals surface area contributed by atoms with Crippen molar-refractivity contribution in [2.24, 2.45) is 10.7 Å². The Morgan fingerprint density at radius 2 is 1.81 bits per heavy atom. The van der Waals surface area contributed by atoms with E-state index < -0.39 is 6.36 Å². The molecule has 0 unspecified atom stereocenters. The molecule has 0 bridgehead atoms. The van der Waals surface area contributed by atoms with Crippen molar-refractivity contribution in [2.45, 2.75) is 19.8 Å². The summed E-state index contributed by atoms with van der Waals surface area (Å²) in [5.74, 6) is -0.405. The molecule has 9 heteroatoms. The van der Waals surface area contributed by atoms with Crippen molar-refractivity contribution in [3.8, 4) is 5.75 Å². The van der Waals surface area contributed by atoms with Gasteiger partial charge in [-0.3, -0.25) is 4.79 Å². The van der Waals surface area contributed by atoms with Gasteiger partial charge in [-0.1, -0.05) is 12.1 Å². The molecule has 0 aliphatic carbocycles. The molecule has 26 heavy (non-hydrogen) atoms. The van der Waals surface area contributed by atoms with E-state index in [1.165, 1.54) is 31.2 Å². The van der Waals surface area contributed by atoms with Crippen LogP contribution in [0.1, 0.15) is 12.5 Å². The van der Waals surface area contributed by atoms with Crippen LogP contribution in [0.2, 0.25) is 0 Å². The van der Waals surface area contributed by atoms with E-state index in [1.54, 1.807) is 18.2 Å². The van der Waals surface area contributed by atoms with Gasteiger partial charge in [0.15, 0.2) is 5.96 Å². The van der Waals surface area contributed by atoms with E-state index in [4.69, 9.17) is 5.73 Å². The molecule has 138 valence electrons. The number of hydrogen-bond donors (Lipinski definition) is 3. The van der Waals surface area contributed by atoms with Crippen LogP contribution in [0.25, 0.3) is 0 Å². The van der Waals surface area contributed by atoms with E-state index in [0.717, 1.165) is 5.56 Å². The number of nitrogens with zero attached hydrogens (tertiary/aromatic N) is 1. The Morgan fingerprint density at radius 1 is 1.12 bits per heavy atom. The minimum Gasteiger partial charge on any atom is -0.406 e. The zero-order valence-electron chi connectivity index (χ0n) is 13.8. The van der Waals surface area contributed by atoms with Crippen molar-refractivity contribution in [3.05, 3.63) is 54.1 Å². The number of rotatable bonds is 5. The van der Waals surface area contributed by atoms with Crippen LogP contribution in [0.15, 0.2) is 53.5 Å². The van der Waals surface area contributed by atoms with Crippen molar-refractivity contribution in [2.75, 3.05) is 10.6 Å². The molecule has 2 aromatic rings. The summed E-state index contributed by atoms with van der Waals surface area (Å²) in [5.41, 5.74) is 7.71. The molecule has 0 saturated heterocycles. The van der Waals surface area contributed by atoms with Crippen LogP contribution in [0.5, 0.6) is 5.75 Å². The summed E-state index contributed by atoms with van der Waals surface area (Å²) in [7, 11) is 0. The predicted octanol–water partition coefficient (Wildman–Crippen LogP) is 3.47. The molecule has 0 aromatic heterocycles. The van der Waals surface area contributed by atoms with Gasteiger partial charge < -0.3 is 21.1 Å². The number of guanidine groups is 1. The third kappa shape index (κ3) is 6.71. The van der Waals surface area contributed by atoms with E-state index in [1.807, 2.05) is 6.07 Å². The Balaban J connectivity index is 1.95. The van der Waals surface area contributed by atoms with Gasteiger partial charge in [-0.05, 0) is 42.0 Å². The Bertz CT molecular complexity index is 789. The fraction of sp³-hybridized carbons (Fsp3) is 0.176. The lowest BCUT2D eigenvalue weighted by molar-refractivity contribution is -0.274. The van der Waals surface area contributed by atoms with Crippen LogP contribution in [0.4, 0.5) is 24.5 Å². The van der Waals surface area contributed by atoms with Crippen molar-refractivity contribution in [3.63, 3.8) is 0 Å². The van der Waals surface area contributed by atoms with Crippen LogP contribution in [0.3, 0.4) is 0 Å². The number of halogens is 3. The average molecular weight is 366 g/mol. The van der Waals surface area contributed by atoms with Crippen molar-refractivity contribution < 1.29 is 22.7 Å². The molecule has 0 aliphatic rings. The van der Waals surface area contributed by atoms with E-state index in [0.29, 0.717) is 11.4 Å². The average Bonchev–Trinajstić information content (AvgIpc) is 2.53. The largest absolute Gasteiger partial charge is 0.573 e. The molecule has 0 aliphatic heterocycles. The lowest BCUT2D eigenvalue weighted by Crippen LogP contribution is -2.22. The quantitative estimate of drug-likeness (QED) is 0.558. The molecule has 2 aromatic carbocycles. The first-order chi connectivity index (χ1) is 12.2. The molecule has 4 N–H and O–H groups in total. The first kappa shape index (κ1) is 19.1. The lowest BCUT2D eigenvalue weighted by atomic mass is 10.2. The summed E-state index contributed by atoms with van der Waals surface area (Å²) in [6.45, 7) is 1.68. The van der Waals surface area contributed by atoms with Gasteiger partial charge >= 0.3 is 6.36 Å².